The van der Waals surface area contributed by atoms with E-state index in [0.29, 0.717) is 18.0 Å². The molecule has 1 saturated heterocycles. The van der Waals surface area contributed by atoms with Gasteiger partial charge in [0, 0.05) is 32.2 Å². The zero-order valence-electron chi connectivity index (χ0n) is 13.0. The van der Waals surface area contributed by atoms with Gasteiger partial charge in [-0.15, -0.1) is 0 Å². The Labute approximate surface area is 135 Å². The van der Waals surface area contributed by atoms with Crippen molar-refractivity contribution in [1.82, 2.24) is 4.90 Å². The summed E-state index contributed by atoms with van der Waals surface area (Å²) in [7, 11) is 0. The molecular formula is C18H21FN2O2. The van der Waals surface area contributed by atoms with Gasteiger partial charge in [0.25, 0.3) is 0 Å². The van der Waals surface area contributed by atoms with Crippen molar-refractivity contribution in [2.24, 2.45) is 5.73 Å². The lowest BCUT2D eigenvalue weighted by Crippen LogP contribution is -2.45. The van der Waals surface area contributed by atoms with E-state index in [1.807, 2.05) is 24.3 Å². The number of nitrogens with zero attached hydrogens (tertiary/aromatic N) is 1. The van der Waals surface area contributed by atoms with E-state index in [2.05, 4.69) is 4.90 Å². The lowest BCUT2D eigenvalue weighted by atomic mass is 10.2. The molecule has 122 valence electrons. The number of hydrogen-bond acceptors (Lipinski definition) is 4. The third kappa shape index (κ3) is 4.51. The Hall–Kier alpha value is -1.95. The summed E-state index contributed by atoms with van der Waals surface area (Å²) in [6.07, 6.45) is 0.124. The van der Waals surface area contributed by atoms with Crippen molar-refractivity contribution in [3.8, 4) is 11.5 Å². The second-order valence-corrected chi connectivity index (χ2v) is 5.67. The van der Waals surface area contributed by atoms with E-state index in [9.17, 15) is 4.39 Å². The average molecular weight is 316 g/mol. The molecule has 0 amide bonds. The van der Waals surface area contributed by atoms with Crippen molar-refractivity contribution in [3.63, 3.8) is 0 Å². The molecule has 4 nitrogen and oxygen atoms in total. The maximum atomic E-state index is 13.2. The van der Waals surface area contributed by atoms with Gasteiger partial charge in [-0.25, -0.2) is 4.39 Å². The Bertz CT molecular complexity index is 633. The van der Waals surface area contributed by atoms with E-state index in [1.54, 1.807) is 12.1 Å². The van der Waals surface area contributed by atoms with Gasteiger partial charge >= 0.3 is 0 Å². The van der Waals surface area contributed by atoms with Crippen LogP contribution in [0.4, 0.5) is 4.39 Å². The monoisotopic (exact) mass is 316 g/mol. The number of ether oxygens (including phenoxy) is 2. The summed E-state index contributed by atoms with van der Waals surface area (Å²) >= 11 is 0. The van der Waals surface area contributed by atoms with Crippen LogP contribution in [0.3, 0.4) is 0 Å². The van der Waals surface area contributed by atoms with Crippen LogP contribution in [0.5, 0.6) is 11.5 Å². The molecule has 0 saturated carbocycles. The predicted octanol–water partition coefficient (Wildman–Crippen LogP) is 2.78. The molecular weight excluding hydrogens is 295 g/mol. The standard InChI is InChI=1S/C18H21FN2O2/c19-15-2-1-3-17(10-15)23-16-6-4-14(5-7-16)12-21-8-9-22-18(11-20)13-21/h1-7,10,18H,8-9,11-13,20H2. The lowest BCUT2D eigenvalue weighted by molar-refractivity contribution is -0.0260. The molecule has 1 atom stereocenters. The maximum absolute atomic E-state index is 13.2. The zero-order chi connectivity index (χ0) is 16.1. The Balaban J connectivity index is 1.58. The van der Waals surface area contributed by atoms with Crippen LogP contribution >= 0.6 is 0 Å². The topological polar surface area (TPSA) is 47.7 Å². The number of halogens is 1. The molecule has 0 bridgehead atoms. The first kappa shape index (κ1) is 15.9. The normalized spacial score (nSPS) is 18.8. The minimum absolute atomic E-state index is 0.124. The van der Waals surface area contributed by atoms with Crippen molar-refractivity contribution in [3.05, 3.63) is 59.9 Å². The smallest absolute Gasteiger partial charge is 0.130 e. The molecule has 2 aromatic rings. The summed E-state index contributed by atoms with van der Waals surface area (Å²) in [4.78, 5) is 2.34. The molecule has 3 rings (SSSR count). The molecule has 5 heteroatoms. The van der Waals surface area contributed by atoms with E-state index in [1.165, 1.54) is 17.7 Å². The van der Waals surface area contributed by atoms with E-state index < -0.39 is 0 Å². The minimum atomic E-state index is -0.305. The molecule has 2 aromatic carbocycles. The van der Waals surface area contributed by atoms with Crippen LogP contribution in [0.25, 0.3) is 0 Å². The van der Waals surface area contributed by atoms with Gasteiger partial charge in [0.2, 0.25) is 0 Å². The van der Waals surface area contributed by atoms with Crippen LogP contribution in [-0.4, -0.2) is 37.2 Å². The van der Waals surface area contributed by atoms with Crippen LogP contribution in [0, 0.1) is 5.82 Å². The first-order valence-electron chi connectivity index (χ1n) is 7.79. The number of rotatable bonds is 5. The van der Waals surface area contributed by atoms with Crippen molar-refractivity contribution in [2.45, 2.75) is 12.6 Å². The van der Waals surface area contributed by atoms with Gasteiger partial charge in [0.05, 0.1) is 12.7 Å². The summed E-state index contributed by atoms with van der Waals surface area (Å²) < 4.78 is 24.4. The molecule has 1 fully saturated rings. The van der Waals surface area contributed by atoms with Gasteiger partial charge in [0.15, 0.2) is 0 Å². The van der Waals surface area contributed by atoms with Crippen LogP contribution in [0.15, 0.2) is 48.5 Å². The lowest BCUT2D eigenvalue weighted by Gasteiger charge is -2.32. The van der Waals surface area contributed by atoms with Gasteiger partial charge in [-0.1, -0.05) is 18.2 Å². The third-order valence-electron chi connectivity index (χ3n) is 3.85. The van der Waals surface area contributed by atoms with Crippen LogP contribution in [0.1, 0.15) is 5.56 Å². The van der Waals surface area contributed by atoms with Crippen LogP contribution in [-0.2, 0) is 11.3 Å². The summed E-state index contributed by atoms with van der Waals surface area (Å²) in [6, 6.07) is 14.0. The molecule has 23 heavy (non-hydrogen) atoms. The first-order valence-corrected chi connectivity index (χ1v) is 7.79. The van der Waals surface area contributed by atoms with Gasteiger partial charge in [-0.2, -0.15) is 0 Å². The molecule has 0 radical (unpaired) electrons. The van der Waals surface area contributed by atoms with Crippen molar-refractivity contribution in [2.75, 3.05) is 26.2 Å². The summed E-state index contributed by atoms with van der Waals surface area (Å²) in [6.45, 7) is 3.91. The Morgan fingerprint density at radius 3 is 2.74 bits per heavy atom. The third-order valence-corrected chi connectivity index (χ3v) is 3.85. The van der Waals surface area contributed by atoms with Crippen LogP contribution in [0.2, 0.25) is 0 Å². The van der Waals surface area contributed by atoms with Gasteiger partial charge in [0.1, 0.15) is 17.3 Å². The van der Waals surface area contributed by atoms with E-state index in [0.717, 1.165) is 26.2 Å². The van der Waals surface area contributed by atoms with Gasteiger partial charge < -0.3 is 15.2 Å². The average Bonchev–Trinajstić information content (AvgIpc) is 2.57. The molecule has 1 aliphatic rings. The first-order chi connectivity index (χ1) is 11.2. The summed E-state index contributed by atoms with van der Waals surface area (Å²) in [5.41, 5.74) is 6.87. The highest BCUT2D eigenvalue weighted by Gasteiger charge is 2.18. The quantitative estimate of drug-likeness (QED) is 0.921. The summed E-state index contributed by atoms with van der Waals surface area (Å²) in [5, 5.41) is 0. The fraction of sp³-hybridized carbons (Fsp3) is 0.333. The van der Waals surface area contributed by atoms with Gasteiger partial charge in [-0.3, -0.25) is 4.90 Å². The molecule has 1 aliphatic heterocycles. The highest BCUT2D eigenvalue weighted by molar-refractivity contribution is 5.33. The van der Waals surface area contributed by atoms with Crippen molar-refractivity contribution < 1.29 is 13.9 Å². The number of nitrogens with two attached hydrogens (primary N) is 1. The zero-order valence-corrected chi connectivity index (χ0v) is 13.0. The van der Waals surface area contributed by atoms with Crippen molar-refractivity contribution >= 4 is 0 Å². The number of morpholine rings is 1. The van der Waals surface area contributed by atoms with Crippen LogP contribution < -0.4 is 10.5 Å². The SMILES string of the molecule is NCC1CN(Cc2ccc(Oc3cccc(F)c3)cc2)CCO1. The maximum Gasteiger partial charge on any atom is 0.130 e. The number of hydrogen-bond donors (Lipinski definition) is 1. The Morgan fingerprint density at radius 1 is 1.17 bits per heavy atom. The molecule has 0 aromatic heterocycles. The largest absolute Gasteiger partial charge is 0.457 e. The second-order valence-electron chi connectivity index (χ2n) is 5.67. The second kappa shape index (κ2) is 7.55. The molecule has 2 N–H and O–H groups in total. The highest BCUT2D eigenvalue weighted by atomic mass is 19.1. The minimum Gasteiger partial charge on any atom is -0.457 e. The molecule has 0 aliphatic carbocycles. The molecule has 1 unspecified atom stereocenters. The predicted molar refractivity (Wildman–Crippen MR) is 87.0 cm³/mol. The Morgan fingerprint density at radius 2 is 2.00 bits per heavy atom. The molecule has 1 heterocycles. The van der Waals surface area contributed by atoms with E-state index >= 15 is 0 Å². The summed E-state index contributed by atoms with van der Waals surface area (Å²) in [5.74, 6) is 0.888. The van der Waals surface area contributed by atoms with E-state index in [4.69, 9.17) is 15.2 Å². The fourth-order valence-corrected chi connectivity index (χ4v) is 2.65. The fourth-order valence-electron chi connectivity index (χ4n) is 2.65. The molecule has 0 spiro atoms. The number of benzene rings is 2. The Kier molecular flexibility index (Phi) is 5.23. The van der Waals surface area contributed by atoms with Crippen molar-refractivity contribution in [1.29, 1.82) is 0 Å². The van der Waals surface area contributed by atoms with Gasteiger partial charge in [-0.05, 0) is 29.8 Å². The van der Waals surface area contributed by atoms with E-state index in [-0.39, 0.29) is 11.9 Å². The highest BCUT2D eigenvalue weighted by Crippen LogP contribution is 2.22.